The van der Waals surface area contributed by atoms with Crippen LogP contribution in [-0.2, 0) is 0 Å². The molecule has 2 aromatic heterocycles. The molecule has 5 nitrogen and oxygen atoms in total. The summed E-state index contributed by atoms with van der Waals surface area (Å²) in [5, 5.41) is 2.16. The van der Waals surface area contributed by atoms with Gasteiger partial charge in [0.2, 0.25) is 0 Å². The van der Waals surface area contributed by atoms with E-state index in [1.54, 1.807) is 18.5 Å². The maximum Gasteiger partial charge on any atom is 0.254 e. The Balaban J connectivity index is 1.68. The molecule has 0 radical (unpaired) electrons. The molecule has 1 saturated heterocycles. The molecule has 0 bridgehead atoms. The van der Waals surface area contributed by atoms with Crippen LogP contribution in [0.3, 0.4) is 0 Å². The highest BCUT2D eigenvalue weighted by Gasteiger charge is 2.21. The van der Waals surface area contributed by atoms with Crippen LogP contribution in [0.1, 0.15) is 10.4 Å². The number of pyridine rings is 2. The van der Waals surface area contributed by atoms with Crippen molar-refractivity contribution in [2.45, 2.75) is 0 Å². The lowest BCUT2D eigenvalue weighted by atomic mass is 10.0. The molecule has 3 aromatic rings. The number of benzene rings is 1. The van der Waals surface area contributed by atoms with E-state index in [9.17, 15) is 4.79 Å². The fraction of sp³-hybridized carbons (Fsp3) is 0.250. The molecule has 1 aliphatic rings. The van der Waals surface area contributed by atoms with Gasteiger partial charge < -0.3 is 9.80 Å². The van der Waals surface area contributed by atoms with E-state index in [1.165, 1.54) is 0 Å². The Morgan fingerprint density at radius 1 is 1.04 bits per heavy atom. The monoisotopic (exact) mass is 332 g/mol. The van der Waals surface area contributed by atoms with Gasteiger partial charge >= 0.3 is 0 Å². The predicted molar refractivity (Wildman–Crippen MR) is 98.4 cm³/mol. The summed E-state index contributed by atoms with van der Waals surface area (Å²) in [5.74, 6) is 0.0821. The zero-order valence-electron chi connectivity index (χ0n) is 14.2. The van der Waals surface area contributed by atoms with E-state index in [0.29, 0.717) is 5.56 Å². The first kappa shape index (κ1) is 15.7. The van der Waals surface area contributed by atoms with Crippen LogP contribution < -0.4 is 0 Å². The van der Waals surface area contributed by atoms with E-state index < -0.39 is 0 Å². The highest BCUT2D eigenvalue weighted by Crippen LogP contribution is 2.27. The summed E-state index contributed by atoms with van der Waals surface area (Å²) >= 11 is 0. The molecule has 0 N–H and O–H groups in total. The largest absolute Gasteiger partial charge is 0.336 e. The minimum absolute atomic E-state index is 0.0821. The fourth-order valence-corrected chi connectivity index (χ4v) is 3.25. The van der Waals surface area contributed by atoms with E-state index in [2.05, 4.69) is 21.9 Å². The molecule has 0 saturated carbocycles. The third-order valence-electron chi connectivity index (χ3n) is 4.75. The number of fused-ring (bicyclic) bond motifs is 1. The zero-order valence-corrected chi connectivity index (χ0v) is 14.2. The van der Waals surface area contributed by atoms with Crippen molar-refractivity contribution in [3.63, 3.8) is 0 Å². The second-order valence-electron chi connectivity index (χ2n) is 6.43. The SMILES string of the molecule is CN1CCN(C(=O)c2ccnc(-c3cccc4cnccc34)c2)CC1. The number of aromatic nitrogens is 2. The smallest absolute Gasteiger partial charge is 0.254 e. The molecular weight excluding hydrogens is 312 g/mol. The van der Waals surface area contributed by atoms with Crippen molar-refractivity contribution in [2.24, 2.45) is 0 Å². The van der Waals surface area contributed by atoms with Crippen molar-refractivity contribution in [1.29, 1.82) is 0 Å². The zero-order chi connectivity index (χ0) is 17.2. The minimum Gasteiger partial charge on any atom is -0.336 e. The molecule has 25 heavy (non-hydrogen) atoms. The van der Waals surface area contributed by atoms with Gasteiger partial charge in [-0.05, 0) is 30.6 Å². The van der Waals surface area contributed by atoms with E-state index in [-0.39, 0.29) is 5.91 Å². The lowest BCUT2D eigenvalue weighted by molar-refractivity contribution is 0.0664. The molecule has 4 rings (SSSR count). The normalized spacial score (nSPS) is 15.5. The van der Waals surface area contributed by atoms with Gasteiger partial charge in [0.1, 0.15) is 0 Å². The maximum atomic E-state index is 12.8. The average molecular weight is 332 g/mol. The van der Waals surface area contributed by atoms with Crippen molar-refractivity contribution in [3.05, 3.63) is 60.6 Å². The Kier molecular flexibility index (Phi) is 4.15. The molecule has 5 heteroatoms. The van der Waals surface area contributed by atoms with Gasteiger partial charge in [0.25, 0.3) is 5.91 Å². The second-order valence-corrected chi connectivity index (χ2v) is 6.43. The lowest BCUT2D eigenvalue weighted by Gasteiger charge is -2.32. The maximum absolute atomic E-state index is 12.8. The summed E-state index contributed by atoms with van der Waals surface area (Å²) in [5.41, 5.74) is 2.53. The van der Waals surface area contributed by atoms with Crippen LogP contribution in [0, 0.1) is 0 Å². The summed E-state index contributed by atoms with van der Waals surface area (Å²) in [6, 6.07) is 11.8. The summed E-state index contributed by atoms with van der Waals surface area (Å²) in [4.78, 5) is 25.7. The van der Waals surface area contributed by atoms with Gasteiger partial charge in [0, 0.05) is 61.3 Å². The number of piperazine rings is 1. The van der Waals surface area contributed by atoms with Crippen LogP contribution in [0.2, 0.25) is 0 Å². The number of rotatable bonds is 2. The molecule has 0 spiro atoms. The van der Waals surface area contributed by atoms with Crippen LogP contribution in [0.4, 0.5) is 0 Å². The van der Waals surface area contributed by atoms with Crippen molar-refractivity contribution in [2.75, 3.05) is 33.2 Å². The van der Waals surface area contributed by atoms with Gasteiger partial charge in [-0.1, -0.05) is 18.2 Å². The first-order valence-corrected chi connectivity index (χ1v) is 8.49. The summed E-state index contributed by atoms with van der Waals surface area (Å²) in [6.45, 7) is 3.37. The number of hydrogen-bond donors (Lipinski definition) is 0. The van der Waals surface area contributed by atoms with Crippen molar-refractivity contribution in [1.82, 2.24) is 19.8 Å². The molecule has 1 amide bonds. The van der Waals surface area contributed by atoms with E-state index in [0.717, 1.165) is 48.2 Å². The quantitative estimate of drug-likeness (QED) is 0.724. The molecule has 0 aliphatic carbocycles. The Hall–Kier alpha value is -2.79. The van der Waals surface area contributed by atoms with Crippen LogP contribution in [-0.4, -0.2) is 58.9 Å². The molecule has 1 fully saturated rings. The molecule has 1 aromatic carbocycles. The Labute approximate surface area is 146 Å². The third kappa shape index (κ3) is 3.10. The van der Waals surface area contributed by atoms with Crippen LogP contribution >= 0.6 is 0 Å². The van der Waals surface area contributed by atoms with Crippen LogP contribution in [0.25, 0.3) is 22.0 Å². The summed E-state index contributed by atoms with van der Waals surface area (Å²) < 4.78 is 0. The summed E-state index contributed by atoms with van der Waals surface area (Å²) in [6.07, 6.45) is 5.35. The van der Waals surface area contributed by atoms with Crippen LogP contribution in [0.5, 0.6) is 0 Å². The summed E-state index contributed by atoms with van der Waals surface area (Å²) in [7, 11) is 2.09. The first-order valence-electron chi connectivity index (χ1n) is 8.49. The highest BCUT2D eigenvalue weighted by molar-refractivity contribution is 5.98. The lowest BCUT2D eigenvalue weighted by Crippen LogP contribution is -2.47. The number of carbonyl (C=O) groups is 1. The van der Waals surface area contributed by atoms with Crippen molar-refractivity contribution in [3.8, 4) is 11.3 Å². The molecule has 1 aliphatic heterocycles. The van der Waals surface area contributed by atoms with Gasteiger partial charge in [0.05, 0.1) is 5.69 Å². The Morgan fingerprint density at radius 2 is 1.88 bits per heavy atom. The van der Waals surface area contributed by atoms with Gasteiger partial charge in [-0.2, -0.15) is 0 Å². The van der Waals surface area contributed by atoms with E-state index >= 15 is 0 Å². The van der Waals surface area contributed by atoms with Gasteiger partial charge in [-0.15, -0.1) is 0 Å². The minimum atomic E-state index is 0.0821. The van der Waals surface area contributed by atoms with Crippen molar-refractivity contribution < 1.29 is 4.79 Å². The molecule has 0 atom stereocenters. The first-order chi connectivity index (χ1) is 12.2. The highest BCUT2D eigenvalue weighted by atomic mass is 16.2. The molecular formula is C20H20N4O. The van der Waals surface area contributed by atoms with E-state index in [1.807, 2.05) is 41.4 Å². The molecule has 126 valence electrons. The standard InChI is InChI=1S/C20H20N4O/c1-23-9-11-24(12-10-23)20(25)15-5-8-22-19(13-15)18-4-2-3-16-14-21-7-6-17(16)18/h2-8,13-14H,9-12H2,1H3. The number of nitrogens with zero attached hydrogens (tertiary/aromatic N) is 4. The van der Waals surface area contributed by atoms with Crippen LogP contribution in [0.15, 0.2) is 55.0 Å². The number of likely N-dealkylation sites (N-methyl/N-ethyl adjacent to an activating group) is 1. The fourth-order valence-electron chi connectivity index (χ4n) is 3.25. The van der Waals surface area contributed by atoms with Gasteiger partial charge in [-0.3, -0.25) is 14.8 Å². The van der Waals surface area contributed by atoms with Crippen molar-refractivity contribution >= 4 is 16.7 Å². The number of amides is 1. The van der Waals surface area contributed by atoms with Gasteiger partial charge in [-0.25, -0.2) is 0 Å². The Bertz CT molecular complexity index is 911. The molecule has 0 unspecified atom stereocenters. The third-order valence-corrected chi connectivity index (χ3v) is 4.75. The second kappa shape index (κ2) is 6.61. The Morgan fingerprint density at radius 3 is 2.72 bits per heavy atom. The topological polar surface area (TPSA) is 49.3 Å². The molecule has 3 heterocycles. The number of carbonyl (C=O) groups excluding carboxylic acids is 1. The van der Waals surface area contributed by atoms with E-state index in [4.69, 9.17) is 0 Å². The van der Waals surface area contributed by atoms with Gasteiger partial charge in [0.15, 0.2) is 0 Å². The number of hydrogen-bond acceptors (Lipinski definition) is 4. The predicted octanol–water partition coefficient (Wildman–Crippen LogP) is 2.68. The average Bonchev–Trinajstić information content (AvgIpc) is 2.68.